The molecule has 0 bridgehead atoms. The number of H-pyrrole nitrogens is 1. The molecular formula is C23H28N8. The number of nitrogens with one attached hydrogen (secondary N) is 2. The van der Waals surface area contributed by atoms with Gasteiger partial charge >= 0.3 is 0 Å². The van der Waals surface area contributed by atoms with Gasteiger partial charge < -0.3 is 20.1 Å². The van der Waals surface area contributed by atoms with Crippen LogP contribution in [0.4, 0.5) is 11.5 Å². The van der Waals surface area contributed by atoms with Crippen molar-refractivity contribution in [1.29, 1.82) is 5.26 Å². The third-order valence-electron chi connectivity index (χ3n) is 5.81. The summed E-state index contributed by atoms with van der Waals surface area (Å²) in [6.45, 7) is 10.8. The smallest absolute Gasteiger partial charge is 0.214 e. The summed E-state index contributed by atoms with van der Waals surface area (Å²) in [5.74, 6) is 1.97. The summed E-state index contributed by atoms with van der Waals surface area (Å²) >= 11 is 0. The molecule has 1 aromatic carbocycles. The molecule has 1 saturated heterocycles. The molecule has 1 aliphatic heterocycles. The molecule has 1 aliphatic rings. The van der Waals surface area contributed by atoms with Crippen molar-refractivity contribution >= 4 is 28.5 Å². The van der Waals surface area contributed by atoms with Gasteiger partial charge in [0.2, 0.25) is 12.2 Å². The van der Waals surface area contributed by atoms with Gasteiger partial charge in [0, 0.05) is 37.6 Å². The van der Waals surface area contributed by atoms with Gasteiger partial charge in [0.25, 0.3) is 0 Å². The molecule has 0 spiro atoms. The zero-order chi connectivity index (χ0) is 22.0. The second-order valence-corrected chi connectivity index (χ2v) is 8.32. The van der Waals surface area contributed by atoms with Crippen molar-refractivity contribution in [1.82, 2.24) is 19.9 Å². The van der Waals surface area contributed by atoms with E-state index in [1.54, 1.807) is 6.33 Å². The van der Waals surface area contributed by atoms with E-state index in [0.29, 0.717) is 11.9 Å². The molecule has 3 aromatic rings. The minimum Gasteiger partial charge on any atom is -0.352 e. The number of nitrogens with zero attached hydrogens (tertiary/aromatic N) is 6. The van der Waals surface area contributed by atoms with E-state index in [1.807, 2.05) is 24.5 Å². The van der Waals surface area contributed by atoms with E-state index >= 15 is 0 Å². The molecule has 0 saturated carbocycles. The number of anilines is 2. The number of guanidine groups is 1. The Hall–Kier alpha value is -3.60. The highest BCUT2D eigenvalue weighted by Crippen LogP contribution is 2.28. The van der Waals surface area contributed by atoms with E-state index in [-0.39, 0.29) is 6.04 Å². The number of nitriles is 1. The van der Waals surface area contributed by atoms with Crippen molar-refractivity contribution < 1.29 is 0 Å². The number of aromatic amines is 1. The van der Waals surface area contributed by atoms with Crippen LogP contribution in [0.15, 0.2) is 41.8 Å². The third kappa shape index (κ3) is 4.17. The Kier molecular flexibility index (Phi) is 5.76. The van der Waals surface area contributed by atoms with E-state index < -0.39 is 0 Å². The SMILES string of the molecule is Cc1c[nH]c2ncnc(N3CCN(C(=NC#N)Nc4cccc(C(C)C)c4)C(C)C3)c12. The summed E-state index contributed by atoms with van der Waals surface area (Å²) in [4.78, 5) is 20.7. The Morgan fingerprint density at radius 2 is 2.16 bits per heavy atom. The highest BCUT2D eigenvalue weighted by Gasteiger charge is 2.28. The van der Waals surface area contributed by atoms with Gasteiger partial charge in [-0.05, 0) is 43.0 Å². The molecule has 2 N–H and O–H groups in total. The molecule has 4 rings (SSSR count). The fourth-order valence-electron chi connectivity index (χ4n) is 4.12. The van der Waals surface area contributed by atoms with Crippen LogP contribution in [-0.4, -0.2) is 51.5 Å². The molecule has 31 heavy (non-hydrogen) atoms. The van der Waals surface area contributed by atoms with Crippen LogP contribution >= 0.6 is 0 Å². The first-order chi connectivity index (χ1) is 15.0. The van der Waals surface area contributed by atoms with E-state index in [2.05, 4.69) is 74.9 Å². The maximum atomic E-state index is 9.29. The molecule has 8 heteroatoms. The minimum absolute atomic E-state index is 0.144. The fraction of sp³-hybridized carbons (Fsp3) is 0.391. The average Bonchev–Trinajstić information content (AvgIpc) is 3.15. The summed E-state index contributed by atoms with van der Waals surface area (Å²) in [6.07, 6.45) is 5.54. The Morgan fingerprint density at radius 1 is 1.32 bits per heavy atom. The zero-order valence-corrected chi connectivity index (χ0v) is 18.4. The molecule has 1 fully saturated rings. The predicted octanol–water partition coefficient (Wildman–Crippen LogP) is 3.85. The highest BCUT2D eigenvalue weighted by molar-refractivity contribution is 5.95. The Balaban J connectivity index is 1.54. The largest absolute Gasteiger partial charge is 0.352 e. The van der Waals surface area contributed by atoms with Crippen molar-refractivity contribution in [3.63, 3.8) is 0 Å². The monoisotopic (exact) mass is 416 g/mol. The number of hydrogen-bond donors (Lipinski definition) is 2. The lowest BCUT2D eigenvalue weighted by atomic mass is 10.0. The molecule has 1 atom stereocenters. The van der Waals surface area contributed by atoms with Crippen LogP contribution in [0.5, 0.6) is 0 Å². The summed E-state index contributed by atoms with van der Waals surface area (Å²) in [5, 5.41) is 13.7. The maximum Gasteiger partial charge on any atom is 0.214 e. The number of aliphatic imine (C=N–C) groups is 1. The van der Waals surface area contributed by atoms with Gasteiger partial charge in [-0.15, -0.1) is 4.99 Å². The van der Waals surface area contributed by atoms with Crippen molar-refractivity contribution in [3.05, 3.63) is 47.9 Å². The van der Waals surface area contributed by atoms with Crippen LogP contribution in [0.2, 0.25) is 0 Å². The van der Waals surface area contributed by atoms with E-state index in [4.69, 9.17) is 0 Å². The molecule has 0 aliphatic carbocycles. The number of piperazine rings is 1. The topological polar surface area (TPSA) is 96.2 Å². The lowest BCUT2D eigenvalue weighted by molar-refractivity contribution is 0.297. The van der Waals surface area contributed by atoms with Crippen molar-refractivity contribution in [3.8, 4) is 6.19 Å². The number of benzene rings is 1. The van der Waals surface area contributed by atoms with Gasteiger partial charge in [-0.3, -0.25) is 0 Å². The molecule has 3 heterocycles. The first-order valence-electron chi connectivity index (χ1n) is 10.6. The van der Waals surface area contributed by atoms with Crippen LogP contribution in [0.3, 0.4) is 0 Å². The maximum absolute atomic E-state index is 9.29. The van der Waals surface area contributed by atoms with E-state index in [0.717, 1.165) is 47.7 Å². The molecule has 0 radical (unpaired) electrons. The second-order valence-electron chi connectivity index (χ2n) is 8.32. The number of aromatic nitrogens is 3. The van der Waals surface area contributed by atoms with Crippen LogP contribution in [0.25, 0.3) is 11.0 Å². The number of aryl methyl sites for hydroxylation is 1. The molecule has 0 amide bonds. The van der Waals surface area contributed by atoms with Gasteiger partial charge in [-0.25, -0.2) is 9.97 Å². The van der Waals surface area contributed by atoms with Crippen molar-refractivity contribution in [2.24, 2.45) is 4.99 Å². The van der Waals surface area contributed by atoms with Crippen LogP contribution in [0.1, 0.15) is 37.8 Å². The van der Waals surface area contributed by atoms with Gasteiger partial charge in [0.05, 0.1) is 5.39 Å². The number of rotatable bonds is 3. The first kappa shape index (κ1) is 20.7. The van der Waals surface area contributed by atoms with Gasteiger partial charge in [-0.2, -0.15) is 5.26 Å². The molecule has 160 valence electrons. The summed E-state index contributed by atoms with van der Waals surface area (Å²) < 4.78 is 0. The number of hydrogen-bond acceptors (Lipinski definition) is 5. The standard InChI is InChI=1S/C23H28N8/c1-15(2)18-6-5-7-19(10-18)29-23(26-13-24)31-9-8-30(12-17(31)4)22-20-16(3)11-25-21(20)27-14-28-22/h5-7,10-11,14-15,17H,8-9,12H2,1-4H3,(H,26,29)(H,25,27,28). The molecule has 1 unspecified atom stereocenters. The van der Waals surface area contributed by atoms with Gasteiger partial charge in [0.15, 0.2) is 0 Å². The normalized spacial score (nSPS) is 17.3. The third-order valence-corrected chi connectivity index (χ3v) is 5.81. The molecule has 8 nitrogen and oxygen atoms in total. The highest BCUT2D eigenvalue weighted by atomic mass is 15.4. The summed E-state index contributed by atoms with van der Waals surface area (Å²) in [5.41, 5.74) is 4.18. The number of fused-ring (bicyclic) bond motifs is 1. The quantitative estimate of drug-likeness (QED) is 0.382. The van der Waals surface area contributed by atoms with Crippen molar-refractivity contribution in [2.45, 2.75) is 39.7 Å². The lowest BCUT2D eigenvalue weighted by Gasteiger charge is -2.41. The van der Waals surface area contributed by atoms with E-state index in [1.165, 1.54) is 5.56 Å². The summed E-state index contributed by atoms with van der Waals surface area (Å²) in [7, 11) is 0. The fourth-order valence-corrected chi connectivity index (χ4v) is 4.12. The average molecular weight is 417 g/mol. The lowest BCUT2D eigenvalue weighted by Crippen LogP contribution is -2.56. The van der Waals surface area contributed by atoms with E-state index in [9.17, 15) is 5.26 Å². The van der Waals surface area contributed by atoms with Gasteiger partial charge in [-0.1, -0.05) is 26.0 Å². The van der Waals surface area contributed by atoms with Crippen molar-refractivity contribution in [2.75, 3.05) is 29.9 Å². The second kappa shape index (κ2) is 8.64. The minimum atomic E-state index is 0.144. The summed E-state index contributed by atoms with van der Waals surface area (Å²) in [6, 6.07) is 8.41. The Bertz CT molecular complexity index is 1140. The molecule has 2 aromatic heterocycles. The van der Waals surface area contributed by atoms with Crippen LogP contribution < -0.4 is 10.2 Å². The van der Waals surface area contributed by atoms with Crippen LogP contribution in [0, 0.1) is 18.4 Å². The van der Waals surface area contributed by atoms with Crippen LogP contribution in [-0.2, 0) is 0 Å². The van der Waals surface area contributed by atoms with Gasteiger partial charge in [0.1, 0.15) is 17.8 Å². The predicted molar refractivity (Wildman–Crippen MR) is 124 cm³/mol. The Labute approximate surface area is 182 Å². The molecular weight excluding hydrogens is 388 g/mol. The Morgan fingerprint density at radius 3 is 2.90 bits per heavy atom. The first-order valence-corrected chi connectivity index (χ1v) is 10.6. The zero-order valence-electron chi connectivity index (χ0n) is 18.4.